The normalized spacial score (nSPS) is 11.5. The van der Waals surface area contributed by atoms with Crippen LogP contribution in [0.2, 0.25) is 0 Å². The third-order valence-corrected chi connectivity index (χ3v) is 11.7. The van der Waals surface area contributed by atoms with Gasteiger partial charge < -0.3 is 0 Å². The van der Waals surface area contributed by atoms with Crippen molar-refractivity contribution in [3.63, 3.8) is 0 Å². The minimum atomic E-state index is -2.26. The molecular formula is C31H34N3O2P. The molecular weight excluding hydrogens is 477 g/mol. The van der Waals surface area contributed by atoms with E-state index in [1.807, 2.05) is 0 Å². The molecule has 0 radical (unpaired) electrons. The van der Waals surface area contributed by atoms with Crippen LogP contribution in [-0.2, 0) is 4.79 Å². The zero-order valence-electron chi connectivity index (χ0n) is 21.0. The number of carbonyl (C=O) groups excluding carboxylic acids is 2. The molecule has 3 aromatic carbocycles. The first-order valence-corrected chi connectivity index (χ1v) is 15.0. The van der Waals surface area contributed by atoms with E-state index in [9.17, 15) is 9.59 Å². The first-order valence-electron chi connectivity index (χ1n) is 12.8. The van der Waals surface area contributed by atoms with Crippen molar-refractivity contribution in [1.82, 2.24) is 15.6 Å². The van der Waals surface area contributed by atoms with E-state index in [0.717, 1.165) is 19.0 Å². The van der Waals surface area contributed by atoms with Gasteiger partial charge in [-0.1, -0.05) is 0 Å². The van der Waals surface area contributed by atoms with Gasteiger partial charge in [0.25, 0.3) is 0 Å². The summed E-state index contributed by atoms with van der Waals surface area (Å²) in [5.74, 6) is -0.173. The average Bonchev–Trinajstić information content (AvgIpc) is 2.97. The Labute approximate surface area is 219 Å². The molecule has 0 bridgehead atoms. The molecule has 4 aromatic rings. The van der Waals surface area contributed by atoms with E-state index in [2.05, 4.69) is 107 Å². The van der Waals surface area contributed by atoms with Crippen molar-refractivity contribution in [3.8, 4) is 0 Å². The third-order valence-electron chi connectivity index (χ3n) is 6.66. The number of nitrogens with one attached hydrogen (secondary N) is 2. The summed E-state index contributed by atoms with van der Waals surface area (Å²) < 4.78 is 0. The van der Waals surface area contributed by atoms with E-state index >= 15 is 0 Å². The number of amides is 2. The van der Waals surface area contributed by atoms with E-state index in [0.29, 0.717) is 25.1 Å². The Kier molecular flexibility index (Phi) is 9.56. The van der Waals surface area contributed by atoms with Gasteiger partial charge in [-0.05, 0) is 6.07 Å². The van der Waals surface area contributed by atoms with Crippen LogP contribution < -0.4 is 26.5 Å². The van der Waals surface area contributed by atoms with Gasteiger partial charge in [-0.3, -0.25) is 4.98 Å². The molecule has 0 spiro atoms. The Morgan fingerprint density at radius 1 is 0.649 bits per heavy atom. The molecule has 190 valence electrons. The van der Waals surface area contributed by atoms with Crippen LogP contribution >= 0.6 is 7.26 Å². The summed E-state index contributed by atoms with van der Waals surface area (Å²) >= 11 is 0. The molecule has 0 aliphatic heterocycles. The monoisotopic (exact) mass is 511 g/mol. The molecule has 5 nitrogen and oxygen atoms in total. The molecule has 2 N–H and O–H groups in total. The quantitative estimate of drug-likeness (QED) is 0.224. The Bertz CT molecular complexity index is 1160. The van der Waals surface area contributed by atoms with Crippen molar-refractivity contribution < 1.29 is 9.59 Å². The fraction of sp³-hybridized carbons (Fsp3) is 0.194. The summed E-state index contributed by atoms with van der Waals surface area (Å²) in [6.07, 6.45) is 6.42. The third kappa shape index (κ3) is 6.90. The number of carbonyl (C=O) groups is 2. The molecule has 0 saturated heterocycles. The summed E-state index contributed by atoms with van der Waals surface area (Å²) in [7, 11) is -2.26. The van der Waals surface area contributed by atoms with Crippen LogP contribution in [-0.4, -0.2) is 36.0 Å². The van der Waals surface area contributed by atoms with Crippen LogP contribution in [0.15, 0.2) is 116 Å². The van der Waals surface area contributed by atoms with Crippen LogP contribution in [0.1, 0.15) is 29.6 Å². The predicted octanol–water partition coefficient (Wildman–Crippen LogP) is 3.82. The maximum atomic E-state index is 12.5. The van der Waals surface area contributed by atoms with Crippen molar-refractivity contribution in [3.05, 3.63) is 121 Å². The maximum absolute atomic E-state index is 12.5. The minimum Gasteiger partial charge on any atom is -0.264 e. The number of hydrogen-bond acceptors (Lipinski definition) is 3. The molecule has 0 saturated carbocycles. The van der Waals surface area contributed by atoms with E-state index < -0.39 is 7.26 Å². The van der Waals surface area contributed by atoms with Crippen LogP contribution in [0.25, 0.3) is 0 Å². The molecule has 1 heterocycles. The van der Waals surface area contributed by atoms with Crippen LogP contribution in [0.5, 0.6) is 0 Å². The average molecular weight is 512 g/mol. The summed E-state index contributed by atoms with van der Waals surface area (Å²) in [6, 6.07) is 36.0. The molecule has 0 atom stereocenters. The topological polar surface area (TPSA) is 71.1 Å². The van der Waals surface area contributed by atoms with Crippen molar-refractivity contribution in [2.24, 2.45) is 0 Å². The van der Waals surface area contributed by atoms with Gasteiger partial charge in [0.15, 0.2) is 0 Å². The SMILES string of the molecule is O=C(CCCC[PH](c1ccccc1)(c1ccccc1)c1ccccc1)NCCNC(=O)c1cccnc1. The number of aromatic nitrogens is 1. The molecule has 1 aromatic heterocycles. The smallest absolute Gasteiger partial charge is 0.264 e. The van der Waals surface area contributed by atoms with Crippen molar-refractivity contribution in [1.29, 1.82) is 0 Å². The van der Waals surface area contributed by atoms with Gasteiger partial charge in [-0.15, -0.1) is 0 Å². The molecule has 4 rings (SSSR count). The second kappa shape index (κ2) is 13.5. The van der Waals surface area contributed by atoms with Crippen molar-refractivity contribution in [2.75, 3.05) is 19.3 Å². The number of pyridine rings is 1. The van der Waals surface area contributed by atoms with Gasteiger partial charge in [0.2, 0.25) is 0 Å². The Morgan fingerprint density at radius 3 is 1.70 bits per heavy atom. The van der Waals surface area contributed by atoms with Crippen LogP contribution in [0, 0.1) is 0 Å². The van der Waals surface area contributed by atoms with Gasteiger partial charge in [-0.2, -0.15) is 0 Å². The number of unbranched alkanes of at least 4 members (excludes halogenated alkanes) is 1. The molecule has 37 heavy (non-hydrogen) atoms. The second-order valence-electron chi connectivity index (χ2n) is 9.06. The van der Waals surface area contributed by atoms with Gasteiger partial charge in [-0.25, -0.2) is 0 Å². The number of rotatable bonds is 12. The van der Waals surface area contributed by atoms with Crippen LogP contribution in [0.3, 0.4) is 0 Å². The molecule has 6 heteroatoms. The second-order valence-corrected chi connectivity index (χ2v) is 13.1. The van der Waals surface area contributed by atoms with Gasteiger partial charge in [0, 0.05) is 6.20 Å². The molecule has 0 aliphatic carbocycles. The first kappa shape index (κ1) is 26.2. The Hall–Kier alpha value is -3.82. The van der Waals surface area contributed by atoms with Crippen molar-refractivity contribution >= 4 is 35.0 Å². The van der Waals surface area contributed by atoms with Gasteiger partial charge >= 0.3 is 203 Å². The number of hydrogen-bond donors (Lipinski definition) is 2. The standard InChI is InChI=1S/C31H34N3O2P/c35-30(33-22-23-34-31(36)26-13-12-21-32-25-26)20-10-11-24-37(27-14-4-1-5-15-27,28-16-6-2-7-17-28)29-18-8-3-9-19-29/h1-9,12-19,21,25,37H,10-11,20,22-24H2,(H,33,35)(H,34,36). The summed E-state index contributed by atoms with van der Waals surface area (Å²) in [5, 5.41) is 9.90. The van der Waals surface area contributed by atoms with Crippen molar-refractivity contribution in [2.45, 2.75) is 19.3 Å². The predicted molar refractivity (Wildman–Crippen MR) is 155 cm³/mol. The summed E-state index contributed by atoms with van der Waals surface area (Å²) in [6.45, 7) is 0.785. The van der Waals surface area contributed by atoms with Gasteiger partial charge in [0.1, 0.15) is 0 Å². The zero-order valence-corrected chi connectivity index (χ0v) is 22.0. The Balaban J connectivity index is 1.35. The first-order chi connectivity index (χ1) is 18.2. The molecule has 2 amide bonds. The minimum absolute atomic E-state index is 0.0158. The van der Waals surface area contributed by atoms with E-state index in [1.54, 1.807) is 18.3 Å². The fourth-order valence-corrected chi connectivity index (χ4v) is 9.77. The molecule has 0 unspecified atom stereocenters. The van der Waals surface area contributed by atoms with E-state index in [4.69, 9.17) is 0 Å². The number of benzene rings is 3. The fourth-order valence-electron chi connectivity index (χ4n) is 4.84. The van der Waals surface area contributed by atoms with E-state index in [-0.39, 0.29) is 11.8 Å². The van der Waals surface area contributed by atoms with Gasteiger partial charge in [0.05, 0.1) is 0 Å². The van der Waals surface area contributed by atoms with Crippen LogP contribution in [0.4, 0.5) is 0 Å². The number of nitrogens with zero attached hydrogens (tertiary/aromatic N) is 1. The molecule has 0 fully saturated rings. The summed E-state index contributed by atoms with van der Waals surface area (Å²) in [4.78, 5) is 28.5. The Morgan fingerprint density at radius 2 is 1.19 bits per heavy atom. The zero-order chi connectivity index (χ0) is 25.8. The van der Waals surface area contributed by atoms with E-state index in [1.165, 1.54) is 22.1 Å². The summed E-state index contributed by atoms with van der Waals surface area (Å²) in [5.41, 5.74) is 0.511. The molecule has 0 aliphatic rings.